The normalized spacial score (nSPS) is 12.2. The highest BCUT2D eigenvalue weighted by Crippen LogP contribution is 2.17. The number of nitro groups is 1. The van der Waals surface area contributed by atoms with Gasteiger partial charge in [0.05, 0.1) is 4.92 Å². The second kappa shape index (κ2) is 7.38. The number of rotatable bonds is 6. The van der Waals surface area contributed by atoms with Gasteiger partial charge < -0.3 is 5.32 Å². The van der Waals surface area contributed by atoms with Gasteiger partial charge in [0.15, 0.2) is 0 Å². The molecule has 20 heavy (non-hydrogen) atoms. The molecule has 0 aliphatic carbocycles. The van der Waals surface area contributed by atoms with Crippen LogP contribution in [0, 0.1) is 23.0 Å². The summed E-state index contributed by atoms with van der Waals surface area (Å²) in [5.41, 5.74) is 0.962. The molecule has 0 saturated carbocycles. The van der Waals surface area contributed by atoms with E-state index < -0.39 is 4.92 Å². The molecule has 0 aliphatic heterocycles. The molecule has 0 heterocycles. The molecule has 0 fully saturated rings. The van der Waals surface area contributed by atoms with E-state index in [0.717, 1.165) is 6.42 Å². The van der Waals surface area contributed by atoms with Gasteiger partial charge in [0.25, 0.3) is 11.6 Å². The van der Waals surface area contributed by atoms with E-state index in [2.05, 4.69) is 35.1 Å². The van der Waals surface area contributed by atoms with Gasteiger partial charge in [-0.05, 0) is 30.9 Å². The Bertz CT molecular complexity index is 503. The Labute approximate surface area is 127 Å². The number of amides is 1. The van der Waals surface area contributed by atoms with Gasteiger partial charge in [-0.3, -0.25) is 14.9 Å². The zero-order chi connectivity index (χ0) is 15.3. The van der Waals surface area contributed by atoms with Crippen LogP contribution in [0.2, 0.25) is 0 Å². The van der Waals surface area contributed by atoms with Crippen LogP contribution in [0.5, 0.6) is 0 Å². The van der Waals surface area contributed by atoms with Crippen molar-refractivity contribution in [3.8, 4) is 0 Å². The molecule has 0 aliphatic rings. The first-order valence-corrected chi connectivity index (χ1v) is 7.58. The fraction of sp³-hybridized carbons (Fsp3) is 0.500. The number of hydrogen-bond acceptors (Lipinski definition) is 3. The maximum absolute atomic E-state index is 12.2. The second-order valence-electron chi connectivity index (χ2n) is 5.27. The summed E-state index contributed by atoms with van der Waals surface area (Å²) >= 11 is 3.37. The van der Waals surface area contributed by atoms with Gasteiger partial charge in [0.1, 0.15) is 0 Å². The van der Waals surface area contributed by atoms with Gasteiger partial charge in [0, 0.05) is 29.1 Å². The Morgan fingerprint density at radius 3 is 2.55 bits per heavy atom. The van der Waals surface area contributed by atoms with Crippen LogP contribution in [0.3, 0.4) is 0 Å². The summed E-state index contributed by atoms with van der Waals surface area (Å²) in [6, 6.07) is 4.43. The molecule has 1 amide bonds. The topological polar surface area (TPSA) is 72.2 Å². The summed E-state index contributed by atoms with van der Waals surface area (Å²) in [5, 5.41) is 14.4. The number of halogens is 1. The highest BCUT2D eigenvalue weighted by molar-refractivity contribution is 9.09. The Hall–Kier alpha value is -1.43. The first kappa shape index (κ1) is 16.6. The van der Waals surface area contributed by atoms with Gasteiger partial charge >= 0.3 is 0 Å². The van der Waals surface area contributed by atoms with Crippen molar-refractivity contribution in [2.75, 3.05) is 5.33 Å². The van der Waals surface area contributed by atoms with Crippen LogP contribution in [-0.4, -0.2) is 22.2 Å². The molecule has 1 aromatic rings. The predicted octanol–water partition coefficient (Wildman–Crippen LogP) is 3.44. The summed E-state index contributed by atoms with van der Waals surface area (Å²) in [6.07, 6.45) is 0.852. The van der Waals surface area contributed by atoms with Crippen molar-refractivity contribution in [1.29, 1.82) is 0 Å². The van der Waals surface area contributed by atoms with E-state index in [4.69, 9.17) is 0 Å². The zero-order valence-electron chi connectivity index (χ0n) is 11.9. The van der Waals surface area contributed by atoms with Crippen molar-refractivity contribution in [3.05, 3.63) is 39.4 Å². The predicted molar refractivity (Wildman–Crippen MR) is 82.3 cm³/mol. The molecular formula is C14H19BrN2O3. The summed E-state index contributed by atoms with van der Waals surface area (Å²) in [7, 11) is 0. The van der Waals surface area contributed by atoms with E-state index in [0.29, 0.717) is 22.4 Å². The fourth-order valence-corrected chi connectivity index (χ4v) is 2.42. The van der Waals surface area contributed by atoms with Gasteiger partial charge in [-0.15, -0.1) is 0 Å². The van der Waals surface area contributed by atoms with Crippen molar-refractivity contribution in [2.45, 2.75) is 33.2 Å². The minimum atomic E-state index is -0.486. The van der Waals surface area contributed by atoms with Gasteiger partial charge in [-0.1, -0.05) is 29.8 Å². The highest BCUT2D eigenvalue weighted by Gasteiger charge is 2.17. The molecule has 0 saturated heterocycles. The third-order valence-corrected chi connectivity index (χ3v) is 3.59. The molecule has 0 aromatic heterocycles. The number of hydrogen-bond donors (Lipinski definition) is 1. The van der Waals surface area contributed by atoms with E-state index in [1.165, 1.54) is 12.1 Å². The van der Waals surface area contributed by atoms with Crippen molar-refractivity contribution < 1.29 is 9.72 Å². The Kier molecular flexibility index (Phi) is 6.13. The van der Waals surface area contributed by atoms with Crippen LogP contribution in [0.25, 0.3) is 0 Å². The zero-order valence-corrected chi connectivity index (χ0v) is 13.4. The number of carbonyl (C=O) groups excluding carboxylic acids is 1. The quantitative estimate of drug-likeness (QED) is 0.489. The van der Waals surface area contributed by atoms with Crippen molar-refractivity contribution in [3.63, 3.8) is 0 Å². The molecule has 0 bridgehead atoms. The lowest BCUT2D eigenvalue weighted by atomic mass is 10.0. The third-order valence-electron chi connectivity index (χ3n) is 2.81. The number of benzene rings is 1. The third kappa shape index (κ3) is 4.92. The van der Waals surface area contributed by atoms with E-state index >= 15 is 0 Å². The Morgan fingerprint density at radius 2 is 2.05 bits per heavy atom. The van der Waals surface area contributed by atoms with E-state index in [1.807, 2.05) is 0 Å². The lowest BCUT2D eigenvalue weighted by Crippen LogP contribution is -2.37. The number of carbonyl (C=O) groups is 1. The molecule has 5 nitrogen and oxygen atoms in total. The summed E-state index contributed by atoms with van der Waals surface area (Å²) in [5.74, 6) is 0.187. The number of non-ortho nitro benzene ring substituents is 1. The molecule has 1 aromatic carbocycles. The summed E-state index contributed by atoms with van der Waals surface area (Å²) in [4.78, 5) is 22.5. The van der Waals surface area contributed by atoms with Crippen molar-refractivity contribution in [2.24, 2.45) is 5.92 Å². The molecule has 1 unspecified atom stereocenters. The minimum Gasteiger partial charge on any atom is -0.348 e. The first-order valence-electron chi connectivity index (χ1n) is 6.46. The summed E-state index contributed by atoms with van der Waals surface area (Å²) in [6.45, 7) is 5.90. The molecule has 1 atom stereocenters. The average molecular weight is 343 g/mol. The van der Waals surface area contributed by atoms with E-state index in [9.17, 15) is 14.9 Å². The Morgan fingerprint density at radius 1 is 1.40 bits per heavy atom. The van der Waals surface area contributed by atoms with Crippen LogP contribution in [0.15, 0.2) is 18.2 Å². The van der Waals surface area contributed by atoms with Crippen LogP contribution in [0.1, 0.15) is 36.2 Å². The second-order valence-corrected chi connectivity index (χ2v) is 5.92. The number of aryl methyl sites for hydroxylation is 1. The maximum atomic E-state index is 12.2. The van der Waals surface area contributed by atoms with Crippen LogP contribution < -0.4 is 5.32 Å². The number of nitrogens with zero attached hydrogens (tertiary/aromatic N) is 1. The smallest absolute Gasteiger partial charge is 0.270 e. The molecular weight excluding hydrogens is 324 g/mol. The van der Waals surface area contributed by atoms with Gasteiger partial charge in [-0.25, -0.2) is 0 Å². The van der Waals surface area contributed by atoms with Crippen molar-refractivity contribution >= 4 is 27.5 Å². The van der Waals surface area contributed by atoms with Gasteiger partial charge in [-0.2, -0.15) is 0 Å². The van der Waals surface area contributed by atoms with Gasteiger partial charge in [0.2, 0.25) is 0 Å². The Balaban J connectivity index is 2.88. The van der Waals surface area contributed by atoms with E-state index in [-0.39, 0.29) is 17.6 Å². The molecule has 0 spiro atoms. The number of alkyl halides is 1. The molecule has 6 heteroatoms. The maximum Gasteiger partial charge on any atom is 0.270 e. The average Bonchev–Trinajstić information content (AvgIpc) is 2.36. The molecule has 0 radical (unpaired) electrons. The van der Waals surface area contributed by atoms with Crippen molar-refractivity contribution in [1.82, 2.24) is 5.32 Å². The lowest BCUT2D eigenvalue weighted by Gasteiger charge is -2.18. The molecule has 110 valence electrons. The first-order chi connectivity index (χ1) is 9.33. The van der Waals surface area contributed by atoms with Crippen LogP contribution in [0.4, 0.5) is 5.69 Å². The SMILES string of the molecule is Cc1cc(C(=O)NC(CBr)CC(C)C)cc([N+](=O)[O-])c1. The molecule has 1 rings (SSSR count). The summed E-state index contributed by atoms with van der Waals surface area (Å²) < 4.78 is 0. The highest BCUT2D eigenvalue weighted by atomic mass is 79.9. The van der Waals surface area contributed by atoms with Crippen LogP contribution in [-0.2, 0) is 0 Å². The van der Waals surface area contributed by atoms with E-state index in [1.54, 1.807) is 13.0 Å². The standard InChI is InChI=1S/C14H19BrN2O3/c1-9(2)4-12(8-15)16-14(18)11-5-10(3)6-13(7-11)17(19)20/h5-7,9,12H,4,8H2,1-3H3,(H,16,18). The molecule has 1 N–H and O–H groups in total. The fourth-order valence-electron chi connectivity index (χ4n) is 2.00. The largest absolute Gasteiger partial charge is 0.348 e. The monoisotopic (exact) mass is 342 g/mol. The minimum absolute atomic E-state index is 0.0158. The van der Waals surface area contributed by atoms with Crippen LogP contribution >= 0.6 is 15.9 Å². The number of nitrogens with one attached hydrogen (secondary N) is 1. The lowest BCUT2D eigenvalue weighted by molar-refractivity contribution is -0.384. The number of nitro benzene ring substituents is 1.